The lowest BCUT2D eigenvalue weighted by molar-refractivity contribution is 1.09. The van der Waals surface area contributed by atoms with E-state index in [1.807, 2.05) is 0 Å². The van der Waals surface area contributed by atoms with Crippen LogP contribution in [0.5, 0.6) is 0 Å². The molecule has 1 aromatic carbocycles. The number of rotatable bonds is 1. The second-order valence-electron chi connectivity index (χ2n) is 4.46. The van der Waals surface area contributed by atoms with Crippen molar-refractivity contribution in [1.29, 1.82) is 0 Å². The molecule has 0 N–H and O–H groups in total. The van der Waals surface area contributed by atoms with Crippen molar-refractivity contribution >= 4 is 0 Å². The largest absolute Gasteiger partial charge is 0.0656 e. The van der Waals surface area contributed by atoms with Crippen molar-refractivity contribution in [1.82, 2.24) is 0 Å². The van der Waals surface area contributed by atoms with Crippen molar-refractivity contribution < 1.29 is 0 Å². The van der Waals surface area contributed by atoms with Crippen LogP contribution in [0.1, 0.15) is 78.9 Å². The van der Waals surface area contributed by atoms with E-state index in [0.717, 1.165) is 6.42 Å². The van der Waals surface area contributed by atoms with Crippen molar-refractivity contribution in [3.05, 3.63) is 35.4 Å². The fourth-order valence-electron chi connectivity index (χ4n) is 0.824. The zero-order valence-electron chi connectivity index (χ0n) is 14.1. The molecule has 1 aromatic rings. The third-order valence-corrected chi connectivity index (χ3v) is 1.53. The first-order chi connectivity index (χ1) is 8.57. The quantitative estimate of drug-likeness (QED) is 0.515. The number of hydrogen-bond acceptors (Lipinski definition) is 0. The van der Waals surface area contributed by atoms with E-state index in [2.05, 4.69) is 79.7 Å². The summed E-state index contributed by atoms with van der Waals surface area (Å²) in [5, 5.41) is 0. The molecule has 0 atom stereocenters. The lowest BCUT2D eigenvalue weighted by atomic mass is 10.1. The SMILES string of the molecule is CCC.CCC.CCC.CCc1ccc(C)cc1. The van der Waals surface area contributed by atoms with Gasteiger partial charge in [0.25, 0.3) is 0 Å². The lowest BCUT2D eigenvalue weighted by Crippen LogP contribution is -1.77. The maximum Gasteiger partial charge on any atom is -0.0307 e. The Morgan fingerprint density at radius 2 is 0.889 bits per heavy atom. The molecule has 0 unspecified atom stereocenters. The summed E-state index contributed by atoms with van der Waals surface area (Å²) in [6, 6.07) is 8.66. The minimum absolute atomic E-state index is 1.14. The second-order valence-corrected chi connectivity index (χ2v) is 4.46. The van der Waals surface area contributed by atoms with Gasteiger partial charge in [-0.2, -0.15) is 0 Å². The van der Waals surface area contributed by atoms with Crippen LogP contribution in [-0.2, 0) is 6.42 Å². The first-order valence-corrected chi connectivity index (χ1v) is 7.62. The van der Waals surface area contributed by atoms with Crippen LogP contribution in [0.3, 0.4) is 0 Å². The summed E-state index contributed by atoms with van der Waals surface area (Å²) in [7, 11) is 0. The molecule has 1 rings (SSSR count). The third kappa shape index (κ3) is 24.4. The van der Waals surface area contributed by atoms with Gasteiger partial charge in [-0.1, -0.05) is 97.6 Å². The maximum absolute atomic E-state index is 2.18. The van der Waals surface area contributed by atoms with Gasteiger partial charge in [-0.3, -0.25) is 0 Å². The van der Waals surface area contributed by atoms with E-state index in [9.17, 15) is 0 Å². The van der Waals surface area contributed by atoms with Gasteiger partial charge in [-0.25, -0.2) is 0 Å². The molecule has 0 aliphatic heterocycles. The Morgan fingerprint density at radius 3 is 1.11 bits per heavy atom. The molecule has 0 amide bonds. The molecule has 108 valence electrons. The smallest absolute Gasteiger partial charge is 0.0307 e. The molecule has 0 saturated heterocycles. The lowest BCUT2D eigenvalue weighted by Gasteiger charge is -1.94. The van der Waals surface area contributed by atoms with Crippen LogP contribution < -0.4 is 0 Å². The van der Waals surface area contributed by atoms with Crippen LogP contribution in [0.2, 0.25) is 0 Å². The van der Waals surface area contributed by atoms with E-state index >= 15 is 0 Å². The predicted octanol–water partition coefficient (Wildman–Crippen LogP) is 6.81. The highest BCUT2D eigenvalue weighted by Gasteiger charge is 1.84. The van der Waals surface area contributed by atoms with E-state index in [0.29, 0.717) is 0 Å². The van der Waals surface area contributed by atoms with Crippen molar-refractivity contribution in [2.45, 2.75) is 81.1 Å². The average molecular weight is 252 g/mol. The van der Waals surface area contributed by atoms with Crippen LogP contribution in [0, 0.1) is 6.92 Å². The normalized spacial score (nSPS) is 7.78. The van der Waals surface area contributed by atoms with Crippen molar-refractivity contribution in [3.63, 3.8) is 0 Å². The summed E-state index contributed by atoms with van der Waals surface area (Å²) in [6.45, 7) is 17.0. The average Bonchev–Trinajstić information content (AvgIpc) is 2.33. The van der Waals surface area contributed by atoms with E-state index in [1.54, 1.807) is 0 Å². The van der Waals surface area contributed by atoms with Gasteiger partial charge in [0.1, 0.15) is 0 Å². The fourth-order valence-corrected chi connectivity index (χ4v) is 0.824. The van der Waals surface area contributed by atoms with Crippen molar-refractivity contribution in [3.8, 4) is 0 Å². The number of hydrogen-bond donors (Lipinski definition) is 0. The van der Waals surface area contributed by atoms with E-state index in [1.165, 1.54) is 30.4 Å². The summed E-state index contributed by atoms with van der Waals surface area (Å²) in [6.07, 6.45) is 4.89. The zero-order chi connectivity index (χ0) is 14.8. The van der Waals surface area contributed by atoms with Crippen LogP contribution in [0.15, 0.2) is 24.3 Å². The predicted molar refractivity (Wildman–Crippen MR) is 88.5 cm³/mol. The summed E-state index contributed by atoms with van der Waals surface area (Å²) in [5.41, 5.74) is 2.76. The molecule has 0 heteroatoms. The highest BCUT2D eigenvalue weighted by Crippen LogP contribution is 2.02. The molecule has 0 nitrogen and oxygen atoms in total. The summed E-state index contributed by atoms with van der Waals surface area (Å²) in [5.74, 6) is 0. The molecule has 0 heterocycles. The van der Waals surface area contributed by atoms with Gasteiger partial charge in [-0.15, -0.1) is 0 Å². The Morgan fingerprint density at radius 1 is 0.611 bits per heavy atom. The molecule has 18 heavy (non-hydrogen) atoms. The van der Waals surface area contributed by atoms with Gasteiger partial charge < -0.3 is 0 Å². The number of benzene rings is 1. The van der Waals surface area contributed by atoms with Crippen LogP contribution in [0.4, 0.5) is 0 Å². The third-order valence-electron chi connectivity index (χ3n) is 1.53. The molecular formula is C18H36. The highest BCUT2D eigenvalue weighted by molar-refractivity contribution is 5.20. The fraction of sp³-hybridized carbons (Fsp3) is 0.667. The monoisotopic (exact) mass is 252 g/mol. The van der Waals surface area contributed by atoms with Gasteiger partial charge in [0.05, 0.1) is 0 Å². The van der Waals surface area contributed by atoms with Crippen LogP contribution in [-0.4, -0.2) is 0 Å². The molecule has 0 aliphatic carbocycles. The van der Waals surface area contributed by atoms with Crippen LogP contribution in [0.25, 0.3) is 0 Å². The van der Waals surface area contributed by atoms with Crippen molar-refractivity contribution in [2.24, 2.45) is 0 Å². The maximum atomic E-state index is 2.18. The minimum Gasteiger partial charge on any atom is -0.0656 e. The second kappa shape index (κ2) is 21.5. The Hall–Kier alpha value is -0.780. The zero-order valence-corrected chi connectivity index (χ0v) is 14.1. The van der Waals surface area contributed by atoms with Gasteiger partial charge in [0.15, 0.2) is 0 Å². The Labute approximate surface area is 117 Å². The van der Waals surface area contributed by atoms with Gasteiger partial charge in [0, 0.05) is 0 Å². The molecule has 0 aliphatic rings. The Balaban J connectivity index is -0.000000210. The van der Waals surface area contributed by atoms with E-state index < -0.39 is 0 Å². The molecule has 0 saturated carbocycles. The molecular weight excluding hydrogens is 216 g/mol. The van der Waals surface area contributed by atoms with Crippen molar-refractivity contribution in [2.75, 3.05) is 0 Å². The summed E-state index contributed by atoms with van der Waals surface area (Å²) >= 11 is 0. The molecule has 0 bridgehead atoms. The minimum atomic E-state index is 1.14. The summed E-state index contributed by atoms with van der Waals surface area (Å²) < 4.78 is 0. The molecule has 0 radical (unpaired) electrons. The highest BCUT2D eigenvalue weighted by atomic mass is 13.9. The van der Waals surface area contributed by atoms with E-state index in [4.69, 9.17) is 0 Å². The Kier molecular flexibility index (Phi) is 26.8. The standard InChI is InChI=1S/C9H12.3C3H8/c1-3-9-6-4-8(2)5-7-9;3*1-3-2/h4-7H,3H2,1-2H3;3*3H2,1-2H3. The number of aryl methyl sites for hydroxylation is 2. The molecule has 0 fully saturated rings. The van der Waals surface area contributed by atoms with Gasteiger partial charge in [0.2, 0.25) is 0 Å². The van der Waals surface area contributed by atoms with E-state index in [-0.39, 0.29) is 0 Å². The van der Waals surface area contributed by atoms with Gasteiger partial charge in [-0.05, 0) is 18.9 Å². The topological polar surface area (TPSA) is 0 Å². The van der Waals surface area contributed by atoms with Crippen LogP contribution >= 0.6 is 0 Å². The Bertz CT molecular complexity index is 203. The molecule has 0 spiro atoms. The molecule has 0 aromatic heterocycles. The summed E-state index contributed by atoms with van der Waals surface area (Å²) in [4.78, 5) is 0. The van der Waals surface area contributed by atoms with Gasteiger partial charge >= 0.3 is 0 Å². The first-order valence-electron chi connectivity index (χ1n) is 7.62. The first kappa shape index (κ1) is 22.4.